The molecular weight excluding hydrogens is 224 g/mol. The molecular formula is C14H22N4. The van der Waals surface area contributed by atoms with Crippen LogP contribution in [0.1, 0.15) is 25.0 Å². The summed E-state index contributed by atoms with van der Waals surface area (Å²) in [6.45, 7) is 6.93. The summed E-state index contributed by atoms with van der Waals surface area (Å²) in [7, 11) is 4.09. The van der Waals surface area contributed by atoms with Gasteiger partial charge < -0.3 is 4.90 Å². The topological polar surface area (TPSA) is 34.0 Å². The molecule has 0 unspecified atom stereocenters. The Morgan fingerprint density at radius 3 is 2.33 bits per heavy atom. The number of aromatic nitrogens is 3. The number of aryl methyl sites for hydroxylation is 1. The third-order valence-electron chi connectivity index (χ3n) is 2.25. The maximum atomic E-state index is 4.39. The average Bonchev–Trinajstić information content (AvgIpc) is 2.79. The highest BCUT2D eigenvalue weighted by Gasteiger charge is 2.00. The molecule has 0 bridgehead atoms. The van der Waals surface area contributed by atoms with E-state index in [-0.39, 0.29) is 0 Å². The molecule has 0 aliphatic heterocycles. The lowest BCUT2D eigenvalue weighted by Gasteiger charge is -2.09. The van der Waals surface area contributed by atoms with E-state index in [1.807, 2.05) is 59.5 Å². The van der Waals surface area contributed by atoms with Crippen molar-refractivity contribution in [2.24, 2.45) is 0 Å². The first kappa shape index (κ1) is 14.4. The maximum Gasteiger partial charge on any atom is 0.153 e. The van der Waals surface area contributed by atoms with Gasteiger partial charge in [-0.25, -0.2) is 9.67 Å². The van der Waals surface area contributed by atoms with Crippen LogP contribution in [0.2, 0.25) is 0 Å². The predicted molar refractivity (Wildman–Crippen MR) is 74.8 cm³/mol. The standard InChI is InChI=1S/C12H16N4.C2H6/c1-10-6-14-16(8-10)12-5-4-11(7-13-12)9-15(2)3;1-2/h4-8H,9H2,1-3H3;1-2H3. The van der Waals surface area contributed by atoms with Crippen molar-refractivity contribution in [1.29, 1.82) is 0 Å². The average molecular weight is 246 g/mol. The molecule has 2 heterocycles. The van der Waals surface area contributed by atoms with E-state index >= 15 is 0 Å². The van der Waals surface area contributed by atoms with Crippen LogP contribution in [-0.2, 0) is 6.54 Å². The van der Waals surface area contributed by atoms with Gasteiger partial charge in [-0.15, -0.1) is 0 Å². The van der Waals surface area contributed by atoms with Gasteiger partial charge in [-0.05, 0) is 38.2 Å². The third-order valence-corrected chi connectivity index (χ3v) is 2.25. The van der Waals surface area contributed by atoms with Gasteiger partial charge in [-0.2, -0.15) is 5.10 Å². The minimum Gasteiger partial charge on any atom is -0.305 e. The first-order valence-corrected chi connectivity index (χ1v) is 6.26. The predicted octanol–water partition coefficient (Wildman–Crippen LogP) is 2.66. The summed E-state index contributed by atoms with van der Waals surface area (Å²) in [4.78, 5) is 6.51. The molecule has 2 aromatic rings. The Labute approximate surface area is 109 Å². The lowest BCUT2D eigenvalue weighted by Crippen LogP contribution is -2.11. The highest BCUT2D eigenvalue weighted by atomic mass is 15.3. The second-order valence-electron chi connectivity index (χ2n) is 4.22. The summed E-state index contributed by atoms with van der Waals surface area (Å²) >= 11 is 0. The van der Waals surface area contributed by atoms with Gasteiger partial charge in [-0.1, -0.05) is 19.9 Å². The van der Waals surface area contributed by atoms with E-state index in [2.05, 4.69) is 21.0 Å². The fourth-order valence-electron chi connectivity index (χ4n) is 1.55. The van der Waals surface area contributed by atoms with Gasteiger partial charge in [0.1, 0.15) is 0 Å². The van der Waals surface area contributed by atoms with Crippen LogP contribution in [-0.4, -0.2) is 33.8 Å². The van der Waals surface area contributed by atoms with Crippen LogP contribution in [0.5, 0.6) is 0 Å². The summed E-state index contributed by atoms with van der Waals surface area (Å²) in [6.07, 6.45) is 5.69. The Hall–Kier alpha value is -1.68. The maximum absolute atomic E-state index is 4.39. The number of hydrogen-bond acceptors (Lipinski definition) is 3. The molecule has 0 saturated carbocycles. The molecule has 98 valence electrons. The molecule has 0 saturated heterocycles. The summed E-state index contributed by atoms with van der Waals surface area (Å²) in [5.74, 6) is 0.857. The summed E-state index contributed by atoms with van der Waals surface area (Å²) < 4.78 is 1.79. The van der Waals surface area contributed by atoms with Gasteiger partial charge in [0.15, 0.2) is 5.82 Å². The number of rotatable bonds is 3. The highest BCUT2D eigenvalue weighted by molar-refractivity contribution is 5.25. The third kappa shape index (κ3) is 3.96. The Morgan fingerprint density at radius 2 is 1.89 bits per heavy atom. The molecule has 0 N–H and O–H groups in total. The van der Waals surface area contributed by atoms with Gasteiger partial charge in [0.2, 0.25) is 0 Å². The fourth-order valence-corrected chi connectivity index (χ4v) is 1.55. The SMILES string of the molecule is CC.Cc1cnn(-c2ccc(CN(C)C)cn2)c1. The largest absolute Gasteiger partial charge is 0.305 e. The number of hydrogen-bond donors (Lipinski definition) is 0. The Morgan fingerprint density at radius 1 is 1.17 bits per heavy atom. The van der Waals surface area contributed by atoms with E-state index in [1.54, 1.807) is 4.68 Å². The van der Waals surface area contributed by atoms with Crippen molar-refractivity contribution in [1.82, 2.24) is 19.7 Å². The lowest BCUT2D eigenvalue weighted by atomic mass is 10.3. The molecule has 0 aliphatic carbocycles. The van der Waals surface area contributed by atoms with E-state index in [0.29, 0.717) is 0 Å². The smallest absolute Gasteiger partial charge is 0.153 e. The second-order valence-corrected chi connectivity index (χ2v) is 4.22. The first-order valence-electron chi connectivity index (χ1n) is 6.26. The number of nitrogens with zero attached hydrogens (tertiary/aromatic N) is 4. The van der Waals surface area contributed by atoms with Crippen molar-refractivity contribution in [2.75, 3.05) is 14.1 Å². The summed E-state index contributed by atoms with van der Waals surface area (Å²) in [5, 5.41) is 4.22. The second kappa shape index (κ2) is 6.91. The summed E-state index contributed by atoms with van der Waals surface area (Å²) in [5.41, 5.74) is 2.34. The Kier molecular flexibility index (Phi) is 5.52. The molecule has 0 radical (unpaired) electrons. The van der Waals surface area contributed by atoms with Crippen molar-refractivity contribution in [3.05, 3.63) is 41.9 Å². The van der Waals surface area contributed by atoms with Crippen LogP contribution >= 0.6 is 0 Å². The molecule has 0 aliphatic rings. The molecule has 4 heteroatoms. The van der Waals surface area contributed by atoms with Crippen molar-refractivity contribution < 1.29 is 0 Å². The van der Waals surface area contributed by atoms with Gasteiger partial charge in [0, 0.05) is 18.9 Å². The zero-order valence-electron chi connectivity index (χ0n) is 11.9. The van der Waals surface area contributed by atoms with Crippen LogP contribution in [0.15, 0.2) is 30.7 Å². The highest BCUT2D eigenvalue weighted by Crippen LogP contribution is 2.07. The molecule has 0 aromatic carbocycles. The van der Waals surface area contributed by atoms with Crippen molar-refractivity contribution >= 4 is 0 Å². The number of pyridine rings is 1. The molecule has 18 heavy (non-hydrogen) atoms. The normalized spacial score (nSPS) is 10.1. The van der Waals surface area contributed by atoms with Gasteiger partial charge in [-0.3, -0.25) is 0 Å². The Balaban J connectivity index is 0.000000771. The minimum atomic E-state index is 0.857. The van der Waals surface area contributed by atoms with Crippen LogP contribution < -0.4 is 0 Å². The molecule has 0 atom stereocenters. The molecule has 2 aromatic heterocycles. The van der Waals surface area contributed by atoms with E-state index in [9.17, 15) is 0 Å². The van der Waals surface area contributed by atoms with Crippen molar-refractivity contribution in [3.63, 3.8) is 0 Å². The summed E-state index contributed by atoms with van der Waals surface area (Å²) in [6, 6.07) is 4.07. The van der Waals surface area contributed by atoms with Gasteiger partial charge in [0.05, 0.1) is 6.20 Å². The van der Waals surface area contributed by atoms with Crippen molar-refractivity contribution in [3.8, 4) is 5.82 Å². The molecule has 0 spiro atoms. The molecule has 4 nitrogen and oxygen atoms in total. The van der Waals surface area contributed by atoms with Crippen LogP contribution in [0.3, 0.4) is 0 Å². The monoisotopic (exact) mass is 246 g/mol. The van der Waals surface area contributed by atoms with E-state index in [0.717, 1.165) is 17.9 Å². The first-order chi connectivity index (χ1) is 8.65. The lowest BCUT2D eigenvalue weighted by molar-refractivity contribution is 0.402. The van der Waals surface area contributed by atoms with E-state index < -0.39 is 0 Å². The minimum absolute atomic E-state index is 0.857. The fraction of sp³-hybridized carbons (Fsp3) is 0.429. The van der Waals surface area contributed by atoms with Gasteiger partial charge in [0.25, 0.3) is 0 Å². The molecule has 0 amide bonds. The van der Waals surface area contributed by atoms with E-state index in [1.165, 1.54) is 5.56 Å². The molecule has 0 fully saturated rings. The molecule has 2 rings (SSSR count). The zero-order chi connectivity index (χ0) is 13.5. The Bertz CT molecular complexity index is 457. The van der Waals surface area contributed by atoms with Crippen molar-refractivity contribution in [2.45, 2.75) is 27.3 Å². The van der Waals surface area contributed by atoms with Gasteiger partial charge >= 0.3 is 0 Å². The van der Waals surface area contributed by atoms with E-state index in [4.69, 9.17) is 0 Å². The zero-order valence-corrected chi connectivity index (χ0v) is 11.9. The van der Waals surface area contributed by atoms with Crippen LogP contribution in [0, 0.1) is 6.92 Å². The van der Waals surface area contributed by atoms with Crippen LogP contribution in [0.4, 0.5) is 0 Å². The van der Waals surface area contributed by atoms with Crippen LogP contribution in [0.25, 0.3) is 5.82 Å². The quantitative estimate of drug-likeness (QED) is 0.835.